The molecule has 1 rings (SSSR count). The van der Waals surface area contributed by atoms with Gasteiger partial charge in [0.05, 0.1) is 12.6 Å². The van der Waals surface area contributed by atoms with E-state index in [0.717, 1.165) is 13.2 Å². The van der Waals surface area contributed by atoms with Gasteiger partial charge in [0.25, 0.3) is 0 Å². The van der Waals surface area contributed by atoms with Gasteiger partial charge in [-0.1, -0.05) is 34.6 Å². The molecule has 0 unspecified atom stereocenters. The lowest BCUT2D eigenvalue weighted by atomic mass is 10.1. The first-order chi connectivity index (χ1) is 9.31. The van der Waals surface area contributed by atoms with Crippen molar-refractivity contribution in [2.24, 2.45) is 11.0 Å². The highest BCUT2D eigenvalue weighted by Crippen LogP contribution is 2.31. The van der Waals surface area contributed by atoms with Gasteiger partial charge in [0, 0.05) is 29.9 Å². The second kappa shape index (κ2) is 8.28. The average molecular weight is 301 g/mol. The van der Waals surface area contributed by atoms with Crippen LogP contribution >= 0.6 is 11.8 Å². The van der Waals surface area contributed by atoms with Gasteiger partial charge in [0.15, 0.2) is 0 Å². The third kappa shape index (κ3) is 6.98. The summed E-state index contributed by atoms with van der Waals surface area (Å²) >= 11 is 2.02. The fourth-order valence-electron chi connectivity index (χ4n) is 2.55. The van der Waals surface area contributed by atoms with Crippen molar-refractivity contribution in [1.29, 1.82) is 0 Å². The molecule has 0 radical (unpaired) electrons. The first-order valence-electron chi connectivity index (χ1n) is 7.79. The zero-order valence-corrected chi connectivity index (χ0v) is 14.9. The van der Waals surface area contributed by atoms with Crippen LogP contribution in [0.5, 0.6) is 0 Å². The van der Waals surface area contributed by atoms with Crippen LogP contribution in [0.15, 0.2) is 5.10 Å². The van der Waals surface area contributed by atoms with Crippen LogP contribution in [-0.4, -0.2) is 47.5 Å². The Morgan fingerprint density at radius 3 is 2.65 bits per heavy atom. The van der Waals surface area contributed by atoms with Gasteiger partial charge in [-0.15, -0.1) is 11.8 Å². The molecule has 4 heteroatoms. The van der Waals surface area contributed by atoms with E-state index in [9.17, 15) is 0 Å². The lowest BCUT2D eigenvalue weighted by Gasteiger charge is -2.26. The molecule has 0 amide bonds. The van der Waals surface area contributed by atoms with E-state index in [2.05, 4.69) is 45.8 Å². The van der Waals surface area contributed by atoms with E-state index < -0.39 is 0 Å². The van der Waals surface area contributed by atoms with Crippen LogP contribution in [0.1, 0.15) is 53.9 Å². The van der Waals surface area contributed by atoms with Crippen molar-refractivity contribution in [1.82, 2.24) is 5.01 Å². The van der Waals surface area contributed by atoms with Crippen molar-refractivity contribution in [3.8, 4) is 0 Å². The van der Waals surface area contributed by atoms with Crippen molar-refractivity contribution in [3.63, 3.8) is 0 Å². The average Bonchev–Trinajstić information content (AvgIpc) is 2.71. The molecule has 0 aromatic carbocycles. The maximum absolute atomic E-state index is 5.29. The maximum atomic E-state index is 5.29. The molecule has 0 bridgehead atoms. The maximum Gasteiger partial charge on any atom is 0.0704 e. The Labute approximate surface area is 129 Å². The van der Waals surface area contributed by atoms with E-state index >= 15 is 0 Å². The Balaban J connectivity index is 2.60. The van der Waals surface area contributed by atoms with Crippen LogP contribution in [0.2, 0.25) is 0 Å². The molecule has 2 atom stereocenters. The number of methoxy groups -OCH3 is 1. The minimum Gasteiger partial charge on any atom is -0.382 e. The number of nitrogens with zero attached hydrogens (tertiary/aromatic N) is 2. The van der Waals surface area contributed by atoms with Crippen LogP contribution in [-0.2, 0) is 4.74 Å². The quantitative estimate of drug-likeness (QED) is 0.664. The van der Waals surface area contributed by atoms with E-state index in [1.165, 1.54) is 19.3 Å². The van der Waals surface area contributed by atoms with Gasteiger partial charge < -0.3 is 4.74 Å². The van der Waals surface area contributed by atoms with E-state index in [0.29, 0.717) is 17.2 Å². The molecule has 1 heterocycles. The molecule has 1 saturated heterocycles. The second-order valence-corrected chi connectivity index (χ2v) is 9.14. The number of hydrogen-bond donors (Lipinski definition) is 0. The van der Waals surface area contributed by atoms with Crippen molar-refractivity contribution < 1.29 is 4.74 Å². The third-order valence-corrected chi connectivity index (χ3v) is 4.62. The summed E-state index contributed by atoms with van der Waals surface area (Å²) in [7, 11) is 1.78. The van der Waals surface area contributed by atoms with Gasteiger partial charge >= 0.3 is 0 Å². The van der Waals surface area contributed by atoms with Crippen LogP contribution in [0, 0.1) is 5.92 Å². The summed E-state index contributed by atoms with van der Waals surface area (Å²) in [6, 6.07) is 0.468. The van der Waals surface area contributed by atoms with Crippen LogP contribution < -0.4 is 0 Å². The summed E-state index contributed by atoms with van der Waals surface area (Å²) < 4.78 is 5.57. The lowest BCUT2D eigenvalue weighted by molar-refractivity contribution is 0.118. The Hall–Kier alpha value is -0.220. The van der Waals surface area contributed by atoms with E-state index in [1.807, 2.05) is 11.8 Å². The van der Waals surface area contributed by atoms with Gasteiger partial charge in [-0.3, -0.25) is 5.01 Å². The van der Waals surface area contributed by atoms with Gasteiger partial charge in [-0.2, -0.15) is 5.10 Å². The number of thioether (sulfide) groups is 1. The minimum atomic E-state index is 0.280. The zero-order valence-electron chi connectivity index (χ0n) is 14.1. The Morgan fingerprint density at radius 2 is 2.10 bits per heavy atom. The summed E-state index contributed by atoms with van der Waals surface area (Å²) in [4.78, 5) is 0. The minimum absolute atomic E-state index is 0.280. The fourth-order valence-corrected chi connectivity index (χ4v) is 4.06. The molecular formula is C16H32N2OS. The van der Waals surface area contributed by atoms with Crippen molar-refractivity contribution in [2.75, 3.05) is 20.3 Å². The molecule has 0 aliphatic carbocycles. The summed E-state index contributed by atoms with van der Waals surface area (Å²) in [6.07, 6.45) is 5.79. The highest BCUT2D eigenvalue weighted by molar-refractivity contribution is 8.01. The van der Waals surface area contributed by atoms with E-state index in [4.69, 9.17) is 9.84 Å². The highest BCUT2D eigenvalue weighted by Gasteiger charge is 2.24. The second-order valence-electron chi connectivity index (χ2n) is 7.08. The molecule has 1 fully saturated rings. The fraction of sp³-hybridized carbons (Fsp3) is 0.938. The summed E-state index contributed by atoms with van der Waals surface area (Å²) in [5, 5.41) is 7.49. The molecule has 1 aliphatic heterocycles. The first kappa shape index (κ1) is 17.8. The summed E-state index contributed by atoms with van der Waals surface area (Å²) in [5.74, 6) is 0.703. The van der Waals surface area contributed by atoms with Crippen molar-refractivity contribution >= 4 is 18.0 Å². The Bertz CT molecular complexity index is 299. The summed E-state index contributed by atoms with van der Waals surface area (Å²) in [5.41, 5.74) is 0. The molecule has 0 aromatic heterocycles. The van der Waals surface area contributed by atoms with Crippen LogP contribution in [0.4, 0.5) is 0 Å². The standard InChI is InChI=1S/C16H32N2OS/c1-13(2)10-15(20-16(3,4)5)11-17-18-9-7-8-14(18)12-19-6/h11,13-15H,7-10,12H2,1-6H3/b17-11+/t14-,15-/m0/s1. The molecule has 0 spiro atoms. The molecule has 20 heavy (non-hydrogen) atoms. The van der Waals surface area contributed by atoms with Gasteiger partial charge in [0.2, 0.25) is 0 Å². The topological polar surface area (TPSA) is 24.8 Å². The highest BCUT2D eigenvalue weighted by atomic mass is 32.2. The van der Waals surface area contributed by atoms with Gasteiger partial charge in [-0.05, 0) is 25.2 Å². The Morgan fingerprint density at radius 1 is 1.40 bits per heavy atom. The predicted octanol–water partition coefficient (Wildman–Crippen LogP) is 4.03. The van der Waals surface area contributed by atoms with Gasteiger partial charge in [-0.25, -0.2) is 0 Å². The molecule has 1 aliphatic rings. The van der Waals surface area contributed by atoms with E-state index in [1.54, 1.807) is 7.11 Å². The monoisotopic (exact) mass is 300 g/mol. The zero-order chi connectivity index (χ0) is 15.2. The smallest absolute Gasteiger partial charge is 0.0704 e. The molecule has 3 nitrogen and oxygen atoms in total. The first-order valence-corrected chi connectivity index (χ1v) is 8.67. The largest absolute Gasteiger partial charge is 0.382 e. The molecule has 0 aromatic rings. The normalized spacial score (nSPS) is 22.1. The van der Waals surface area contributed by atoms with Crippen molar-refractivity contribution in [3.05, 3.63) is 0 Å². The SMILES string of the molecule is COC[C@@H]1CCCN1/N=C/[C@H](CC(C)C)SC(C)(C)C. The summed E-state index contributed by atoms with van der Waals surface area (Å²) in [6.45, 7) is 13.3. The predicted molar refractivity (Wildman–Crippen MR) is 90.7 cm³/mol. The van der Waals surface area contributed by atoms with Crippen LogP contribution in [0.3, 0.4) is 0 Å². The van der Waals surface area contributed by atoms with Crippen LogP contribution in [0.25, 0.3) is 0 Å². The Kier molecular flexibility index (Phi) is 7.38. The molecule has 0 saturated carbocycles. The van der Waals surface area contributed by atoms with Crippen molar-refractivity contribution in [2.45, 2.75) is 69.9 Å². The number of hydrogen-bond acceptors (Lipinski definition) is 4. The van der Waals surface area contributed by atoms with Gasteiger partial charge in [0.1, 0.15) is 0 Å². The number of hydrazone groups is 1. The number of rotatable bonds is 7. The molecule has 0 N–H and O–H groups in total. The van der Waals surface area contributed by atoms with E-state index in [-0.39, 0.29) is 4.75 Å². The lowest BCUT2D eigenvalue weighted by Crippen LogP contribution is -2.29. The number of ether oxygens (including phenoxy) is 1. The third-order valence-electron chi connectivity index (χ3n) is 3.30. The molecule has 118 valence electrons. The molecular weight excluding hydrogens is 268 g/mol.